The first-order chi connectivity index (χ1) is 14.9. The van der Waals surface area contributed by atoms with E-state index in [1.807, 2.05) is 0 Å². The van der Waals surface area contributed by atoms with Gasteiger partial charge in [0.1, 0.15) is 0 Å². The van der Waals surface area contributed by atoms with Gasteiger partial charge in [-0.3, -0.25) is 0 Å². The summed E-state index contributed by atoms with van der Waals surface area (Å²) < 4.78 is 0. The highest BCUT2D eigenvalue weighted by Gasteiger charge is 2.70. The van der Waals surface area contributed by atoms with Gasteiger partial charge in [-0.2, -0.15) is 0 Å². The average molecular weight is 445 g/mol. The summed E-state index contributed by atoms with van der Waals surface area (Å²) in [5, 5.41) is 21.6. The minimum atomic E-state index is -0.137. The summed E-state index contributed by atoms with van der Waals surface area (Å²) in [5.41, 5.74) is 1.40. The number of aliphatic hydroxyl groups is 2. The molecule has 0 aromatic heterocycles. The number of fused-ring (bicyclic) bond motifs is 7. The molecule has 32 heavy (non-hydrogen) atoms. The third-order valence-electron chi connectivity index (χ3n) is 13.8. The SMILES string of the molecule is CC(C)C1CCC2(CO)CC[C@]3(C)C(CCC4C5(C)CCC(O)C(C)(C)C5CCC43C)C12. The predicted octanol–water partition coefficient (Wildman–Crippen LogP) is 7.08. The Morgan fingerprint density at radius 1 is 0.750 bits per heavy atom. The maximum atomic E-state index is 10.9. The van der Waals surface area contributed by atoms with E-state index in [-0.39, 0.29) is 16.9 Å². The summed E-state index contributed by atoms with van der Waals surface area (Å²) in [4.78, 5) is 0. The van der Waals surface area contributed by atoms with E-state index in [0.717, 1.165) is 36.0 Å². The Morgan fingerprint density at radius 2 is 1.47 bits per heavy atom. The Labute approximate surface area is 198 Å². The number of rotatable bonds is 2. The first-order valence-electron chi connectivity index (χ1n) is 14.2. The van der Waals surface area contributed by atoms with Crippen LogP contribution in [0.25, 0.3) is 0 Å². The highest BCUT2D eigenvalue weighted by Crippen LogP contribution is 2.77. The van der Waals surface area contributed by atoms with Crippen molar-refractivity contribution in [2.45, 2.75) is 119 Å². The number of hydrogen-bond donors (Lipinski definition) is 2. The van der Waals surface area contributed by atoms with E-state index in [1.54, 1.807) is 0 Å². The second-order valence-electron chi connectivity index (χ2n) is 15.0. The molecule has 5 aliphatic carbocycles. The number of hydrogen-bond acceptors (Lipinski definition) is 2. The molecule has 0 radical (unpaired) electrons. The van der Waals surface area contributed by atoms with Gasteiger partial charge in [-0.15, -0.1) is 0 Å². The third-order valence-corrected chi connectivity index (χ3v) is 13.8. The van der Waals surface area contributed by atoms with Gasteiger partial charge in [0.25, 0.3) is 0 Å². The van der Waals surface area contributed by atoms with Crippen LogP contribution < -0.4 is 0 Å². The molecule has 5 aliphatic rings. The summed E-state index contributed by atoms with van der Waals surface area (Å²) in [7, 11) is 0. The second kappa shape index (κ2) is 7.22. The fourth-order valence-corrected chi connectivity index (χ4v) is 11.8. The molecule has 0 amide bonds. The summed E-state index contributed by atoms with van der Waals surface area (Å²) in [5.74, 6) is 4.45. The van der Waals surface area contributed by atoms with Gasteiger partial charge >= 0.3 is 0 Å². The lowest BCUT2D eigenvalue weighted by Crippen LogP contribution is -2.66. The molecule has 0 heterocycles. The average Bonchev–Trinajstić information content (AvgIpc) is 3.12. The molecule has 184 valence electrons. The summed E-state index contributed by atoms with van der Waals surface area (Å²) in [6.45, 7) is 18.1. The van der Waals surface area contributed by atoms with Crippen LogP contribution in [0.5, 0.6) is 0 Å². The normalized spacial score (nSPS) is 56.8. The van der Waals surface area contributed by atoms with Crippen molar-refractivity contribution in [1.29, 1.82) is 0 Å². The zero-order valence-corrected chi connectivity index (χ0v) is 22.2. The Hall–Kier alpha value is -0.0800. The summed E-state index contributed by atoms with van der Waals surface area (Å²) in [6.07, 6.45) is 12.6. The van der Waals surface area contributed by atoms with Crippen molar-refractivity contribution in [2.75, 3.05) is 6.61 Å². The van der Waals surface area contributed by atoms with Gasteiger partial charge in [-0.05, 0) is 127 Å². The molecule has 0 spiro atoms. The largest absolute Gasteiger partial charge is 0.396 e. The number of aliphatic hydroxyl groups excluding tert-OH is 2. The van der Waals surface area contributed by atoms with E-state index < -0.39 is 0 Å². The highest BCUT2D eigenvalue weighted by molar-refractivity contribution is 5.19. The molecular formula is C30H52O2. The van der Waals surface area contributed by atoms with Crippen molar-refractivity contribution in [3.63, 3.8) is 0 Å². The predicted molar refractivity (Wildman–Crippen MR) is 132 cm³/mol. The Balaban J connectivity index is 1.54. The topological polar surface area (TPSA) is 40.5 Å². The fourth-order valence-electron chi connectivity index (χ4n) is 11.8. The van der Waals surface area contributed by atoms with E-state index in [2.05, 4.69) is 48.5 Å². The van der Waals surface area contributed by atoms with Gasteiger partial charge in [0.15, 0.2) is 0 Å². The van der Waals surface area contributed by atoms with Crippen molar-refractivity contribution in [1.82, 2.24) is 0 Å². The minimum absolute atomic E-state index is 0.0406. The summed E-state index contributed by atoms with van der Waals surface area (Å²) in [6, 6.07) is 0. The van der Waals surface area contributed by atoms with Crippen molar-refractivity contribution >= 4 is 0 Å². The van der Waals surface area contributed by atoms with E-state index >= 15 is 0 Å². The van der Waals surface area contributed by atoms with Gasteiger partial charge in [0.2, 0.25) is 0 Å². The second-order valence-corrected chi connectivity index (χ2v) is 15.0. The van der Waals surface area contributed by atoms with Crippen molar-refractivity contribution < 1.29 is 10.2 Å². The molecule has 0 aromatic rings. The molecule has 0 bridgehead atoms. The Morgan fingerprint density at radius 3 is 2.12 bits per heavy atom. The van der Waals surface area contributed by atoms with Crippen LogP contribution in [-0.4, -0.2) is 22.9 Å². The highest BCUT2D eigenvalue weighted by atomic mass is 16.3. The lowest BCUT2D eigenvalue weighted by Gasteiger charge is -2.73. The Bertz CT molecular complexity index is 743. The zero-order chi connectivity index (χ0) is 23.3. The van der Waals surface area contributed by atoms with E-state index in [4.69, 9.17) is 0 Å². The Kier molecular flexibility index (Phi) is 5.34. The van der Waals surface area contributed by atoms with E-state index in [9.17, 15) is 10.2 Å². The van der Waals surface area contributed by atoms with Gasteiger partial charge in [0, 0.05) is 6.61 Å². The third kappa shape index (κ3) is 2.72. The molecule has 2 nitrogen and oxygen atoms in total. The monoisotopic (exact) mass is 444 g/mol. The van der Waals surface area contributed by atoms with Crippen LogP contribution in [0.4, 0.5) is 0 Å². The fraction of sp³-hybridized carbons (Fsp3) is 1.00. The van der Waals surface area contributed by atoms with Crippen molar-refractivity contribution in [3.8, 4) is 0 Å². The molecule has 0 saturated heterocycles. The standard InChI is InChI=1S/C30H52O2/c1-19(2)20-10-15-30(18-31)17-16-28(6)21(25(20)30)8-9-23-27(5)13-12-24(32)26(3,4)22(27)11-14-29(23,28)7/h19-25,31-32H,8-18H2,1-7H3/t20?,21?,22?,23?,24?,25?,27?,28-,29?,30?/m1/s1. The molecular weight excluding hydrogens is 392 g/mol. The van der Waals surface area contributed by atoms with Crippen molar-refractivity contribution in [2.24, 2.45) is 62.6 Å². The van der Waals surface area contributed by atoms with Crippen LogP contribution >= 0.6 is 0 Å². The van der Waals surface area contributed by atoms with Crippen LogP contribution in [0, 0.1) is 62.6 Å². The summed E-state index contributed by atoms with van der Waals surface area (Å²) >= 11 is 0. The van der Waals surface area contributed by atoms with Crippen LogP contribution in [0.3, 0.4) is 0 Å². The van der Waals surface area contributed by atoms with Gasteiger partial charge in [-0.1, -0.05) is 48.5 Å². The molecule has 9 unspecified atom stereocenters. The van der Waals surface area contributed by atoms with E-state index in [1.165, 1.54) is 57.8 Å². The van der Waals surface area contributed by atoms with Crippen LogP contribution in [0.2, 0.25) is 0 Å². The molecule has 2 heteroatoms. The zero-order valence-electron chi connectivity index (χ0n) is 22.2. The molecule has 5 saturated carbocycles. The molecule has 10 atom stereocenters. The van der Waals surface area contributed by atoms with Gasteiger partial charge < -0.3 is 10.2 Å². The minimum Gasteiger partial charge on any atom is -0.396 e. The maximum Gasteiger partial charge on any atom is 0.0594 e. The van der Waals surface area contributed by atoms with Crippen molar-refractivity contribution in [3.05, 3.63) is 0 Å². The first kappa shape index (κ1) is 23.7. The van der Waals surface area contributed by atoms with Gasteiger partial charge in [-0.25, -0.2) is 0 Å². The van der Waals surface area contributed by atoms with Crippen LogP contribution in [0.15, 0.2) is 0 Å². The van der Waals surface area contributed by atoms with Crippen LogP contribution in [-0.2, 0) is 0 Å². The lowest BCUT2D eigenvalue weighted by molar-refractivity contribution is -0.251. The smallest absolute Gasteiger partial charge is 0.0594 e. The molecule has 0 aromatic carbocycles. The quantitative estimate of drug-likeness (QED) is 0.478. The molecule has 2 N–H and O–H groups in total. The van der Waals surface area contributed by atoms with E-state index in [0.29, 0.717) is 28.8 Å². The molecule has 0 aliphatic heterocycles. The van der Waals surface area contributed by atoms with Crippen LogP contribution in [0.1, 0.15) is 113 Å². The molecule has 5 fully saturated rings. The first-order valence-corrected chi connectivity index (χ1v) is 14.2. The maximum absolute atomic E-state index is 10.9. The lowest BCUT2D eigenvalue weighted by atomic mass is 9.32. The molecule has 5 rings (SSSR count). The van der Waals surface area contributed by atoms with Gasteiger partial charge in [0.05, 0.1) is 6.10 Å².